The number of fused-ring (bicyclic) bond motifs is 2. The number of nitrogens with two attached hydrogens (primary N) is 3. The number of nitrogens with one attached hydrogen (secondary N) is 4. The summed E-state index contributed by atoms with van der Waals surface area (Å²) < 4.78 is 53.5. The van der Waals surface area contributed by atoms with Crippen LogP contribution in [0.2, 0.25) is 0 Å². The smallest absolute Gasteiger partial charge is 0.405 e. The molecule has 2 saturated heterocycles. The lowest BCUT2D eigenvalue weighted by Crippen LogP contribution is -2.38. The van der Waals surface area contributed by atoms with Crippen LogP contribution >= 0.6 is 0 Å². The quantitative estimate of drug-likeness (QED) is 0.0482. The van der Waals surface area contributed by atoms with Crippen LogP contribution in [0.1, 0.15) is 121 Å². The molecule has 69 heavy (non-hydrogen) atoms. The number of hydrogen-bond acceptors (Lipinski definition) is 8. The van der Waals surface area contributed by atoms with Crippen LogP contribution in [0.15, 0.2) is 53.2 Å². The van der Waals surface area contributed by atoms with Gasteiger partial charge in [-0.05, 0) is 168 Å². The number of alkyl halides is 3. The summed E-state index contributed by atoms with van der Waals surface area (Å²) in [7, 11) is 0. The minimum atomic E-state index is -4.38. The molecule has 4 aliphatic carbocycles. The molecule has 3 unspecified atom stereocenters. The molecule has 13 nitrogen and oxygen atoms in total. The number of carbonyl (C=O) groups is 3. The van der Waals surface area contributed by atoms with Crippen molar-refractivity contribution in [1.82, 2.24) is 30.6 Å². The van der Waals surface area contributed by atoms with Crippen molar-refractivity contribution in [3.8, 4) is 0 Å². The number of H-pyrrole nitrogens is 2. The molecule has 6 fully saturated rings. The van der Waals surface area contributed by atoms with Crippen LogP contribution in [0.3, 0.4) is 0 Å². The van der Waals surface area contributed by atoms with Crippen molar-refractivity contribution in [2.45, 2.75) is 130 Å². The van der Waals surface area contributed by atoms with Gasteiger partial charge in [0.2, 0.25) is 11.8 Å². The second-order valence-corrected chi connectivity index (χ2v) is 19.2. The summed E-state index contributed by atoms with van der Waals surface area (Å²) in [6.07, 6.45) is 14.5. The average Bonchev–Trinajstić information content (AvgIpc) is 4.11. The molecule has 3 atom stereocenters. The van der Waals surface area contributed by atoms with Crippen LogP contribution in [0, 0.1) is 47.2 Å². The van der Waals surface area contributed by atoms with E-state index in [1.807, 2.05) is 38.1 Å². The lowest BCUT2D eigenvalue weighted by Gasteiger charge is -2.13. The third-order valence-electron chi connectivity index (χ3n) is 13.1. The van der Waals surface area contributed by atoms with Gasteiger partial charge in [0.1, 0.15) is 28.9 Å². The molecule has 17 heteroatoms. The maximum absolute atomic E-state index is 14.9. The zero-order chi connectivity index (χ0) is 49.8. The molecule has 0 bridgehead atoms. The predicted molar refractivity (Wildman–Crippen MR) is 264 cm³/mol. The van der Waals surface area contributed by atoms with E-state index < -0.39 is 30.0 Å². The first-order valence-corrected chi connectivity index (χ1v) is 25.0. The highest BCUT2D eigenvalue weighted by Crippen LogP contribution is 2.51. The number of aromatic amines is 2. The molecule has 376 valence electrons. The van der Waals surface area contributed by atoms with Gasteiger partial charge in [0, 0.05) is 31.3 Å². The summed E-state index contributed by atoms with van der Waals surface area (Å²) in [4.78, 5) is 53.8. The molecule has 10 rings (SSSR count). The van der Waals surface area contributed by atoms with Gasteiger partial charge in [-0.3, -0.25) is 19.4 Å². The summed E-state index contributed by atoms with van der Waals surface area (Å²) in [5, 5.41) is 4.89. The van der Waals surface area contributed by atoms with E-state index in [1.165, 1.54) is 75.6 Å². The number of rotatable bonds is 14. The second kappa shape index (κ2) is 24.3. The van der Waals surface area contributed by atoms with E-state index in [-0.39, 0.29) is 29.8 Å². The molecule has 3 amide bonds. The van der Waals surface area contributed by atoms with Gasteiger partial charge >= 0.3 is 6.18 Å². The van der Waals surface area contributed by atoms with E-state index in [9.17, 15) is 31.9 Å². The van der Waals surface area contributed by atoms with E-state index in [2.05, 4.69) is 50.5 Å². The molecule has 6 aliphatic rings. The summed E-state index contributed by atoms with van der Waals surface area (Å²) in [5.41, 5.74) is 20.9. The van der Waals surface area contributed by atoms with Crippen LogP contribution in [-0.2, 0) is 33.6 Å². The molecular formula is C52H72F4N10O3. The Morgan fingerprint density at radius 3 is 2.04 bits per heavy atom. The summed E-state index contributed by atoms with van der Waals surface area (Å²) in [5.74, 6) is 3.60. The van der Waals surface area contributed by atoms with Crippen molar-refractivity contribution in [2.24, 2.45) is 63.6 Å². The highest BCUT2D eigenvalue weighted by atomic mass is 19.4. The Labute approximate surface area is 402 Å². The standard InChI is InChI=1S/C21H24F3N3O.C20H22FN3O.C6H11N3O.C3H8.C2H7N/c22-21(23,24)18-9-14(20(28)27-18)7-11-1-6-16-17(8-11)26-19(25-16)10-15(12-2-3-12)13-4-5-13;21-18-13(9-14-7-8-22-20(14)25)5-6-16-19(18)24-17(23-16)10-15(11-1-2-11)12-3-4-12;1-2-9-5(3-4-7)6(8)10;1-3-2;1-2-3/h1,6,8,12-15,18H,2-5,7,9-10H2,(H,25,26)(H,27,28);5-6,10-12,14H,1-4,7-9H2,(H,22,25)(H,23,24);3-4H,2,7H2,1H3,(H2,8,10);3H2,1-2H3;2-3H2,1H3/b;;4-3-,9-5?;;. The number of primary amides is 1. The van der Waals surface area contributed by atoms with Gasteiger partial charge in [-0.1, -0.05) is 44.9 Å². The first-order valence-electron chi connectivity index (χ1n) is 25.0. The second-order valence-electron chi connectivity index (χ2n) is 19.2. The molecule has 2 aromatic carbocycles. The van der Waals surface area contributed by atoms with Gasteiger partial charge in [0.05, 0.1) is 16.6 Å². The van der Waals surface area contributed by atoms with Crippen molar-refractivity contribution in [1.29, 1.82) is 0 Å². The average molecular weight is 961 g/mol. The highest BCUT2D eigenvalue weighted by Gasteiger charge is 2.48. The first-order chi connectivity index (χ1) is 33.1. The number of aliphatic imine (C=N–C) groups is 1. The van der Waals surface area contributed by atoms with Crippen LogP contribution in [0.4, 0.5) is 17.6 Å². The van der Waals surface area contributed by atoms with Crippen LogP contribution < -0.4 is 27.8 Å². The number of aromatic nitrogens is 4. The SMILES string of the molecule is CCC.CCN.CCN=C(/C=C\N)C(N)=O.O=C1NC(C(F)(F)F)CC1Cc1ccc2nc(CC(C3CC3)C3CC3)[nH]c2c1.O=C1NCCC1Cc1ccc2[nH]c(C=C(C3CC3)C3CC3)nc2c1F. The lowest BCUT2D eigenvalue weighted by atomic mass is 9.94. The number of benzene rings is 2. The monoisotopic (exact) mass is 961 g/mol. The van der Waals surface area contributed by atoms with Gasteiger partial charge < -0.3 is 37.8 Å². The van der Waals surface area contributed by atoms with Crippen LogP contribution in [0.25, 0.3) is 28.1 Å². The van der Waals surface area contributed by atoms with Gasteiger partial charge in [0.15, 0.2) is 5.82 Å². The van der Waals surface area contributed by atoms with Crippen molar-refractivity contribution in [2.75, 3.05) is 19.6 Å². The summed E-state index contributed by atoms with van der Waals surface area (Å²) in [6, 6.07) is 7.66. The van der Waals surface area contributed by atoms with E-state index in [1.54, 1.807) is 6.07 Å². The molecule has 4 heterocycles. The Bertz CT molecular complexity index is 2430. The van der Waals surface area contributed by atoms with Gasteiger partial charge in [0.25, 0.3) is 5.91 Å². The Balaban J connectivity index is 0.000000175. The normalized spacial score (nSPS) is 21.1. The Hall–Kier alpha value is -5.58. The summed E-state index contributed by atoms with van der Waals surface area (Å²) in [6.45, 7) is 9.94. The third-order valence-corrected chi connectivity index (χ3v) is 13.1. The maximum atomic E-state index is 14.9. The van der Waals surface area contributed by atoms with E-state index in [4.69, 9.17) is 22.2 Å². The Kier molecular flexibility index (Phi) is 18.6. The Morgan fingerprint density at radius 2 is 1.52 bits per heavy atom. The molecule has 2 aliphatic heterocycles. The molecule has 2 aromatic heterocycles. The zero-order valence-corrected chi connectivity index (χ0v) is 40.6. The zero-order valence-electron chi connectivity index (χ0n) is 40.6. The topological polar surface area (TPSA) is 223 Å². The van der Waals surface area contributed by atoms with E-state index >= 15 is 0 Å². The fourth-order valence-electron chi connectivity index (χ4n) is 9.21. The van der Waals surface area contributed by atoms with E-state index in [0.717, 1.165) is 82.7 Å². The highest BCUT2D eigenvalue weighted by molar-refractivity contribution is 6.42. The minimum Gasteiger partial charge on any atom is -0.405 e. The number of allylic oxidation sites excluding steroid dienone is 1. The van der Waals surface area contributed by atoms with Crippen LogP contribution in [0.5, 0.6) is 0 Å². The lowest BCUT2D eigenvalue weighted by molar-refractivity contribution is -0.155. The molecular weight excluding hydrogens is 889 g/mol. The number of halogens is 4. The van der Waals surface area contributed by atoms with Gasteiger partial charge in [-0.15, -0.1) is 0 Å². The summed E-state index contributed by atoms with van der Waals surface area (Å²) >= 11 is 0. The Morgan fingerprint density at radius 1 is 0.870 bits per heavy atom. The number of imidazole rings is 2. The fourth-order valence-corrected chi connectivity index (χ4v) is 9.21. The molecule has 4 aromatic rings. The van der Waals surface area contributed by atoms with E-state index in [0.29, 0.717) is 37.0 Å². The fraction of sp³-hybridized carbons (Fsp3) is 0.577. The number of nitrogens with zero attached hydrogens (tertiary/aromatic N) is 3. The third kappa shape index (κ3) is 15.2. The van der Waals surface area contributed by atoms with Crippen molar-refractivity contribution >= 4 is 51.6 Å². The predicted octanol–water partition coefficient (Wildman–Crippen LogP) is 8.52. The number of amides is 3. The maximum Gasteiger partial charge on any atom is 0.408 e. The largest absolute Gasteiger partial charge is 0.408 e. The van der Waals surface area contributed by atoms with Crippen molar-refractivity contribution < 1.29 is 31.9 Å². The number of hydrogen-bond donors (Lipinski definition) is 7. The van der Waals surface area contributed by atoms with Crippen LogP contribution in [-0.4, -0.2) is 75.2 Å². The minimum absolute atomic E-state index is 0.0312. The molecule has 4 saturated carbocycles. The van der Waals surface area contributed by atoms with Gasteiger partial charge in [-0.2, -0.15) is 13.2 Å². The number of carbonyl (C=O) groups excluding carboxylic acids is 3. The van der Waals surface area contributed by atoms with Gasteiger partial charge in [-0.25, -0.2) is 14.4 Å². The molecule has 10 N–H and O–H groups in total. The van der Waals surface area contributed by atoms with Crippen molar-refractivity contribution in [3.63, 3.8) is 0 Å². The van der Waals surface area contributed by atoms with Crippen molar-refractivity contribution in [3.05, 3.63) is 76.8 Å². The molecule has 0 radical (unpaired) electrons. The molecule has 0 spiro atoms. The first kappa shape index (κ1) is 52.8.